The standard InChI is InChI=1S/C23H29N5O3/c1-24-23(26-16-18-7-8-20-21(15-18)31-17-30-20)25-10-9-22(29)28-13-11-27(12-14-28)19-5-3-2-4-6-19/h2-8,15H,9-14,16-17H2,1H3,(H2,24,25,26). The Morgan fingerprint density at radius 3 is 2.55 bits per heavy atom. The predicted molar refractivity (Wildman–Crippen MR) is 121 cm³/mol. The highest BCUT2D eigenvalue weighted by Crippen LogP contribution is 2.32. The Morgan fingerprint density at radius 1 is 1.00 bits per heavy atom. The molecule has 8 nitrogen and oxygen atoms in total. The van der Waals surface area contributed by atoms with Crippen molar-refractivity contribution in [3.05, 3.63) is 54.1 Å². The van der Waals surface area contributed by atoms with Crippen LogP contribution in [0.4, 0.5) is 5.69 Å². The van der Waals surface area contributed by atoms with Crippen molar-refractivity contribution in [2.45, 2.75) is 13.0 Å². The van der Waals surface area contributed by atoms with Crippen molar-refractivity contribution in [1.82, 2.24) is 15.5 Å². The largest absolute Gasteiger partial charge is 0.454 e. The van der Waals surface area contributed by atoms with Gasteiger partial charge >= 0.3 is 0 Å². The van der Waals surface area contributed by atoms with Crippen LogP contribution in [0.1, 0.15) is 12.0 Å². The van der Waals surface area contributed by atoms with Crippen LogP contribution in [-0.2, 0) is 11.3 Å². The van der Waals surface area contributed by atoms with Crippen LogP contribution in [0.15, 0.2) is 53.5 Å². The van der Waals surface area contributed by atoms with Gasteiger partial charge in [-0.15, -0.1) is 0 Å². The van der Waals surface area contributed by atoms with Gasteiger partial charge in [0.2, 0.25) is 12.7 Å². The highest BCUT2D eigenvalue weighted by molar-refractivity contribution is 5.81. The molecule has 0 unspecified atom stereocenters. The number of para-hydroxylation sites is 1. The summed E-state index contributed by atoms with van der Waals surface area (Å²) in [6.45, 7) is 4.65. The maximum Gasteiger partial charge on any atom is 0.231 e. The van der Waals surface area contributed by atoms with Gasteiger partial charge in [-0.25, -0.2) is 0 Å². The minimum absolute atomic E-state index is 0.173. The highest BCUT2D eigenvalue weighted by Gasteiger charge is 2.21. The van der Waals surface area contributed by atoms with Crippen molar-refractivity contribution in [2.24, 2.45) is 4.99 Å². The minimum atomic E-state index is 0.173. The topological polar surface area (TPSA) is 78.4 Å². The van der Waals surface area contributed by atoms with Crippen molar-refractivity contribution < 1.29 is 14.3 Å². The molecule has 2 N–H and O–H groups in total. The van der Waals surface area contributed by atoms with E-state index in [0.717, 1.165) is 43.2 Å². The maximum absolute atomic E-state index is 12.6. The molecule has 1 amide bonds. The van der Waals surface area contributed by atoms with Crippen LogP contribution in [0, 0.1) is 0 Å². The van der Waals surface area contributed by atoms with Crippen molar-refractivity contribution in [1.29, 1.82) is 0 Å². The summed E-state index contributed by atoms with van der Waals surface area (Å²) in [5.41, 5.74) is 2.29. The molecule has 2 aliphatic rings. The lowest BCUT2D eigenvalue weighted by Crippen LogP contribution is -2.49. The summed E-state index contributed by atoms with van der Waals surface area (Å²) in [6, 6.07) is 16.2. The number of carbonyl (C=O) groups excluding carboxylic acids is 1. The van der Waals surface area contributed by atoms with Crippen molar-refractivity contribution in [3.8, 4) is 11.5 Å². The van der Waals surface area contributed by atoms with Crippen LogP contribution in [-0.4, -0.2) is 63.3 Å². The number of fused-ring (bicyclic) bond motifs is 1. The Bertz CT molecular complexity index is 911. The zero-order valence-corrected chi connectivity index (χ0v) is 17.8. The average Bonchev–Trinajstić information content (AvgIpc) is 3.30. The summed E-state index contributed by atoms with van der Waals surface area (Å²) in [5.74, 6) is 2.38. The van der Waals surface area contributed by atoms with Crippen LogP contribution in [0.25, 0.3) is 0 Å². The highest BCUT2D eigenvalue weighted by atomic mass is 16.7. The molecule has 0 radical (unpaired) electrons. The summed E-state index contributed by atoms with van der Waals surface area (Å²) in [5, 5.41) is 6.49. The van der Waals surface area contributed by atoms with E-state index in [1.54, 1.807) is 7.05 Å². The number of nitrogens with zero attached hydrogens (tertiary/aromatic N) is 3. The average molecular weight is 424 g/mol. The molecule has 1 fully saturated rings. The number of benzene rings is 2. The van der Waals surface area contributed by atoms with E-state index in [1.807, 2.05) is 41.3 Å². The second kappa shape index (κ2) is 10.1. The van der Waals surface area contributed by atoms with E-state index in [4.69, 9.17) is 9.47 Å². The van der Waals surface area contributed by atoms with E-state index in [0.29, 0.717) is 25.5 Å². The number of amides is 1. The van der Waals surface area contributed by atoms with E-state index in [2.05, 4.69) is 32.7 Å². The fourth-order valence-electron chi connectivity index (χ4n) is 3.76. The molecule has 0 atom stereocenters. The lowest BCUT2D eigenvalue weighted by Gasteiger charge is -2.36. The van der Waals surface area contributed by atoms with Crippen molar-refractivity contribution >= 4 is 17.6 Å². The molecular formula is C23H29N5O3. The van der Waals surface area contributed by atoms with Gasteiger partial charge in [-0.3, -0.25) is 9.79 Å². The second-order valence-corrected chi connectivity index (χ2v) is 7.49. The molecule has 2 aromatic rings. The number of hydrogen-bond donors (Lipinski definition) is 2. The van der Waals surface area contributed by atoms with E-state index in [-0.39, 0.29) is 12.7 Å². The Kier molecular flexibility index (Phi) is 6.76. The summed E-state index contributed by atoms with van der Waals surface area (Å²) >= 11 is 0. The van der Waals surface area contributed by atoms with Gasteiger partial charge in [-0.2, -0.15) is 0 Å². The Hall–Kier alpha value is -3.42. The van der Waals surface area contributed by atoms with Gasteiger partial charge in [0.1, 0.15) is 0 Å². The quantitative estimate of drug-likeness (QED) is 0.545. The first-order chi connectivity index (χ1) is 15.2. The lowest BCUT2D eigenvalue weighted by molar-refractivity contribution is -0.131. The molecule has 0 aromatic heterocycles. The summed E-state index contributed by atoms with van der Waals surface area (Å²) < 4.78 is 10.7. The third kappa shape index (κ3) is 5.39. The fraction of sp³-hybridized carbons (Fsp3) is 0.391. The molecule has 0 saturated carbocycles. The molecule has 8 heteroatoms. The van der Waals surface area contributed by atoms with E-state index in [9.17, 15) is 4.79 Å². The molecule has 2 aromatic carbocycles. The first-order valence-electron chi connectivity index (χ1n) is 10.6. The molecule has 164 valence electrons. The Labute approximate surface area is 182 Å². The predicted octanol–water partition coefficient (Wildman–Crippen LogP) is 1.82. The molecule has 31 heavy (non-hydrogen) atoms. The third-order valence-electron chi connectivity index (χ3n) is 5.51. The molecular weight excluding hydrogens is 394 g/mol. The molecule has 0 spiro atoms. The number of piperazine rings is 1. The van der Waals surface area contributed by atoms with Gasteiger partial charge < -0.3 is 29.9 Å². The van der Waals surface area contributed by atoms with Gasteiger partial charge in [0.15, 0.2) is 17.5 Å². The van der Waals surface area contributed by atoms with E-state index >= 15 is 0 Å². The van der Waals surface area contributed by atoms with E-state index < -0.39 is 0 Å². The normalized spacial score (nSPS) is 15.7. The molecule has 2 aliphatic heterocycles. The van der Waals surface area contributed by atoms with Crippen LogP contribution in [0.3, 0.4) is 0 Å². The van der Waals surface area contributed by atoms with Gasteiger partial charge in [0.25, 0.3) is 0 Å². The third-order valence-corrected chi connectivity index (χ3v) is 5.51. The second-order valence-electron chi connectivity index (χ2n) is 7.49. The maximum atomic E-state index is 12.6. The number of ether oxygens (including phenoxy) is 2. The summed E-state index contributed by atoms with van der Waals surface area (Å²) in [7, 11) is 1.72. The van der Waals surface area contributed by atoms with Crippen LogP contribution in [0.2, 0.25) is 0 Å². The molecule has 0 bridgehead atoms. The van der Waals surface area contributed by atoms with Gasteiger partial charge in [0, 0.05) is 58.4 Å². The number of hydrogen-bond acceptors (Lipinski definition) is 5. The van der Waals surface area contributed by atoms with Crippen LogP contribution in [0.5, 0.6) is 11.5 Å². The summed E-state index contributed by atoms with van der Waals surface area (Å²) in [6.07, 6.45) is 0.441. The van der Waals surface area contributed by atoms with Gasteiger partial charge in [-0.1, -0.05) is 24.3 Å². The summed E-state index contributed by atoms with van der Waals surface area (Å²) in [4.78, 5) is 21.1. The Balaban J connectivity index is 1.16. The van der Waals surface area contributed by atoms with Crippen LogP contribution < -0.4 is 25.0 Å². The smallest absolute Gasteiger partial charge is 0.231 e. The van der Waals surface area contributed by atoms with Crippen molar-refractivity contribution in [3.63, 3.8) is 0 Å². The SMILES string of the molecule is CN=C(NCCC(=O)N1CCN(c2ccccc2)CC1)NCc1ccc2c(c1)OCO2. The number of anilines is 1. The molecule has 0 aliphatic carbocycles. The fourth-order valence-corrected chi connectivity index (χ4v) is 3.76. The van der Waals surface area contributed by atoms with E-state index in [1.165, 1.54) is 5.69 Å². The van der Waals surface area contributed by atoms with Crippen molar-refractivity contribution in [2.75, 3.05) is 51.5 Å². The first kappa shape index (κ1) is 20.8. The first-order valence-corrected chi connectivity index (χ1v) is 10.6. The Morgan fingerprint density at radius 2 is 1.77 bits per heavy atom. The number of carbonyl (C=O) groups is 1. The number of rotatable bonds is 6. The minimum Gasteiger partial charge on any atom is -0.454 e. The monoisotopic (exact) mass is 423 g/mol. The van der Waals surface area contributed by atoms with Gasteiger partial charge in [0.05, 0.1) is 0 Å². The van der Waals surface area contributed by atoms with Crippen LogP contribution >= 0.6 is 0 Å². The number of aliphatic imine (C=N–C) groups is 1. The number of guanidine groups is 1. The lowest BCUT2D eigenvalue weighted by atomic mass is 10.2. The molecule has 4 rings (SSSR count). The zero-order chi connectivity index (χ0) is 21.5. The molecule has 2 heterocycles. The van der Waals surface area contributed by atoms with Gasteiger partial charge in [-0.05, 0) is 29.8 Å². The zero-order valence-electron chi connectivity index (χ0n) is 17.8. The number of nitrogens with one attached hydrogen (secondary N) is 2. The molecule has 1 saturated heterocycles.